The van der Waals surface area contributed by atoms with Crippen LogP contribution in [-0.4, -0.2) is 19.0 Å². The average molecular weight is 150 g/mol. The third-order valence-electron chi connectivity index (χ3n) is 1.45. The van der Waals surface area contributed by atoms with Crippen molar-refractivity contribution >= 4 is 5.97 Å². The zero-order valence-corrected chi connectivity index (χ0v) is 5.35. The Kier molecular flexibility index (Phi) is 2.19. The SMILES string of the molecule is O=C1CC(CC(F)F)CO1. The van der Waals surface area contributed by atoms with Crippen LogP contribution in [0.4, 0.5) is 8.78 Å². The summed E-state index contributed by atoms with van der Waals surface area (Å²) in [5, 5.41) is 0. The number of alkyl halides is 2. The van der Waals surface area contributed by atoms with Crippen LogP contribution in [0.5, 0.6) is 0 Å². The first-order chi connectivity index (χ1) is 4.68. The third kappa shape index (κ3) is 1.93. The molecule has 0 radical (unpaired) electrons. The molecule has 0 aromatic rings. The van der Waals surface area contributed by atoms with Crippen LogP contribution >= 0.6 is 0 Å². The quantitative estimate of drug-likeness (QED) is 0.553. The van der Waals surface area contributed by atoms with Crippen molar-refractivity contribution in [3.05, 3.63) is 0 Å². The first-order valence-electron chi connectivity index (χ1n) is 3.12. The second-order valence-electron chi connectivity index (χ2n) is 2.38. The van der Waals surface area contributed by atoms with Crippen molar-refractivity contribution in [2.75, 3.05) is 6.61 Å². The topological polar surface area (TPSA) is 26.3 Å². The normalized spacial score (nSPS) is 25.5. The Bertz CT molecular complexity index is 136. The van der Waals surface area contributed by atoms with Crippen LogP contribution < -0.4 is 0 Å². The van der Waals surface area contributed by atoms with Crippen LogP contribution in [0, 0.1) is 5.92 Å². The van der Waals surface area contributed by atoms with Crippen molar-refractivity contribution < 1.29 is 18.3 Å². The molecule has 1 fully saturated rings. The van der Waals surface area contributed by atoms with Crippen molar-refractivity contribution in [3.8, 4) is 0 Å². The first kappa shape index (κ1) is 7.44. The van der Waals surface area contributed by atoms with Crippen molar-refractivity contribution in [2.24, 2.45) is 5.92 Å². The molecule has 0 N–H and O–H groups in total. The molecule has 1 aliphatic heterocycles. The lowest BCUT2D eigenvalue weighted by Gasteiger charge is -2.02. The van der Waals surface area contributed by atoms with Crippen molar-refractivity contribution in [2.45, 2.75) is 19.3 Å². The standard InChI is InChI=1S/C6H8F2O2/c7-5(8)1-4-2-6(9)10-3-4/h4-5H,1-3H2. The summed E-state index contributed by atoms with van der Waals surface area (Å²) in [7, 11) is 0. The Labute approximate surface area is 57.2 Å². The summed E-state index contributed by atoms with van der Waals surface area (Å²) < 4.78 is 27.8. The van der Waals surface area contributed by atoms with E-state index in [9.17, 15) is 13.6 Å². The van der Waals surface area contributed by atoms with Gasteiger partial charge in [-0.2, -0.15) is 0 Å². The maximum absolute atomic E-state index is 11.6. The lowest BCUT2D eigenvalue weighted by atomic mass is 10.1. The zero-order chi connectivity index (χ0) is 7.56. The fourth-order valence-corrected chi connectivity index (χ4v) is 0.968. The predicted octanol–water partition coefficient (Wildman–Crippen LogP) is 1.20. The number of carbonyl (C=O) groups is 1. The molecule has 58 valence electrons. The van der Waals surface area contributed by atoms with Crippen molar-refractivity contribution in [3.63, 3.8) is 0 Å². The number of ether oxygens (including phenoxy) is 1. The van der Waals surface area contributed by atoms with Gasteiger partial charge in [-0.05, 0) is 0 Å². The van der Waals surface area contributed by atoms with Gasteiger partial charge in [0.05, 0.1) is 13.0 Å². The number of cyclic esters (lactones) is 1. The summed E-state index contributed by atoms with van der Waals surface area (Å²) in [5.74, 6) is -0.613. The lowest BCUT2D eigenvalue weighted by Crippen LogP contribution is -2.04. The van der Waals surface area contributed by atoms with Crippen molar-refractivity contribution in [1.29, 1.82) is 0 Å². The molecule has 2 nitrogen and oxygen atoms in total. The molecule has 0 bridgehead atoms. The summed E-state index contributed by atoms with van der Waals surface area (Å²) in [6.07, 6.45) is -2.38. The van der Waals surface area contributed by atoms with E-state index >= 15 is 0 Å². The van der Waals surface area contributed by atoms with Gasteiger partial charge in [-0.1, -0.05) is 0 Å². The van der Waals surface area contributed by atoms with Crippen LogP contribution in [-0.2, 0) is 9.53 Å². The first-order valence-corrected chi connectivity index (χ1v) is 3.12. The van der Waals surface area contributed by atoms with Gasteiger partial charge in [0.15, 0.2) is 0 Å². The van der Waals surface area contributed by atoms with Crippen LogP contribution in [0.15, 0.2) is 0 Å². The van der Waals surface area contributed by atoms with Gasteiger partial charge in [0, 0.05) is 12.3 Å². The van der Waals surface area contributed by atoms with E-state index in [1.54, 1.807) is 0 Å². The molecule has 1 atom stereocenters. The highest BCUT2D eigenvalue weighted by molar-refractivity contribution is 5.71. The van der Waals surface area contributed by atoms with Gasteiger partial charge in [0.25, 0.3) is 0 Å². The molecule has 0 amide bonds. The molecule has 1 heterocycles. The number of carbonyl (C=O) groups excluding carboxylic acids is 1. The highest BCUT2D eigenvalue weighted by Gasteiger charge is 2.26. The number of hydrogen-bond acceptors (Lipinski definition) is 2. The van der Waals surface area contributed by atoms with Gasteiger partial charge in [-0.15, -0.1) is 0 Å². The lowest BCUT2D eigenvalue weighted by molar-refractivity contribution is -0.137. The smallest absolute Gasteiger partial charge is 0.306 e. The summed E-state index contributed by atoms with van der Waals surface area (Å²) in [5.41, 5.74) is 0. The largest absolute Gasteiger partial charge is 0.465 e. The average Bonchev–Trinajstić information content (AvgIpc) is 2.13. The number of hydrogen-bond donors (Lipinski definition) is 0. The minimum Gasteiger partial charge on any atom is -0.465 e. The molecule has 0 spiro atoms. The summed E-state index contributed by atoms with van der Waals surface area (Å²) >= 11 is 0. The molecule has 0 saturated carbocycles. The molecule has 1 aliphatic rings. The van der Waals surface area contributed by atoms with E-state index in [1.807, 2.05) is 0 Å². The number of halogens is 2. The Balaban J connectivity index is 2.24. The fourth-order valence-electron chi connectivity index (χ4n) is 0.968. The zero-order valence-electron chi connectivity index (χ0n) is 5.35. The summed E-state index contributed by atoms with van der Waals surface area (Å²) in [6, 6.07) is 0. The highest BCUT2D eigenvalue weighted by Crippen LogP contribution is 2.20. The molecule has 0 aromatic carbocycles. The fraction of sp³-hybridized carbons (Fsp3) is 0.833. The van der Waals surface area contributed by atoms with Gasteiger partial charge in [-0.25, -0.2) is 8.78 Å². The van der Waals surface area contributed by atoms with Crippen LogP contribution in [0.2, 0.25) is 0 Å². The molecule has 1 saturated heterocycles. The monoisotopic (exact) mass is 150 g/mol. The van der Waals surface area contributed by atoms with Gasteiger partial charge in [-0.3, -0.25) is 4.79 Å². The van der Waals surface area contributed by atoms with E-state index < -0.39 is 6.43 Å². The van der Waals surface area contributed by atoms with Crippen LogP contribution in [0.3, 0.4) is 0 Å². The van der Waals surface area contributed by atoms with E-state index in [4.69, 9.17) is 0 Å². The highest BCUT2D eigenvalue weighted by atomic mass is 19.3. The van der Waals surface area contributed by atoms with Crippen molar-refractivity contribution in [1.82, 2.24) is 0 Å². The Morgan fingerprint density at radius 2 is 2.40 bits per heavy atom. The molecule has 0 aromatic heterocycles. The van der Waals surface area contributed by atoms with Gasteiger partial charge < -0.3 is 4.74 Å². The Morgan fingerprint density at radius 1 is 1.70 bits per heavy atom. The number of rotatable bonds is 2. The molecule has 4 heteroatoms. The Hall–Kier alpha value is -0.670. The van der Waals surface area contributed by atoms with E-state index in [0.717, 1.165) is 0 Å². The summed E-state index contributed by atoms with van der Waals surface area (Å²) in [6.45, 7) is 0.170. The minimum absolute atomic E-state index is 0.157. The Morgan fingerprint density at radius 3 is 2.80 bits per heavy atom. The number of esters is 1. The molecule has 1 unspecified atom stereocenters. The van der Waals surface area contributed by atoms with Gasteiger partial charge in [0.2, 0.25) is 6.43 Å². The van der Waals surface area contributed by atoms with E-state index in [1.165, 1.54) is 0 Å². The van der Waals surface area contributed by atoms with E-state index in [2.05, 4.69) is 4.74 Å². The van der Waals surface area contributed by atoms with E-state index in [0.29, 0.717) is 0 Å². The summed E-state index contributed by atoms with van der Waals surface area (Å²) in [4.78, 5) is 10.4. The van der Waals surface area contributed by atoms with Crippen LogP contribution in [0.25, 0.3) is 0 Å². The second-order valence-corrected chi connectivity index (χ2v) is 2.38. The van der Waals surface area contributed by atoms with Crippen LogP contribution in [0.1, 0.15) is 12.8 Å². The molecular formula is C6H8F2O2. The minimum atomic E-state index is -2.32. The third-order valence-corrected chi connectivity index (χ3v) is 1.45. The second kappa shape index (κ2) is 2.94. The van der Waals surface area contributed by atoms with E-state index in [-0.39, 0.29) is 31.3 Å². The van der Waals surface area contributed by atoms with Gasteiger partial charge >= 0.3 is 5.97 Å². The van der Waals surface area contributed by atoms with Gasteiger partial charge in [0.1, 0.15) is 0 Å². The maximum Gasteiger partial charge on any atom is 0.306 e. The maximum atomic E-state index is 11.6. The molecule has 10 heavy (non-hydrogen) atoms. The molecular weight excluding hydrogens is 142 g/mol. The predicted molar refractivity (Wildman–Crippen MR) is 29.7 cm³/mol. The molecule has 0 aliphatic carbocycles. The molecule has 1 rings (SSSR count).